The van der Waals surface area contributed by atoms with E-state index in [1.807, 2.05) is 12.1 Å². The number of rotatable bonds is 0. The van der Waals surface area contributed by atoms with Gasteiger partial charge in [0.25, 0.3) is 0 Å². The Balaban J connectivity index is 3.17. The molecule has 0 aliphatic carbocycles. The van der Waals surface area contributed by atoms with E-state index in [4.69, 9.17) is 11.0 Å². The highest BCUT2D eigenvalue weighted by Crippen LogP contribution is 2.15. The molecule has 0 radical (unpaired) electrons. The summed E-state index contributed by atoms with van der Waals surface area (Å²) in [5, 5.41) is 8.80. The molecule has 0 saturated carbocycles. The van der Waals surface area contributed by atoms with Crippen molar-refractivity contribution in [1.82, 2.24) is 0 Å². The fourth-order valence-electron chi connectivity index (χ4n) is 1.03. The van der Waals surface area contributed by atoms with Crippen LogP contribution in [0.3, 0.4) is 0 Å². The van der Waals surface area contributed by atoms with E-state index in [1.54, 1.807) is 6.07 Å². The normalized spacial score (nSPS) is 10.0. The van der Waals surface area contributed by atoms with Gasteiger partial charge in [-0.25, -0.2) is 0 Å². The molecule has 2 N–H and O–H groups in total. The predicted molar refractivity (Wildman–Crippen MR) is 65.8 cm³/mol. The lowest BCUT2D eigenvalue weighted by Gasteiger charge is -2.04. The van der Waals surface area contributed by atoms with Crippen molar-refractivity contribution in [2.24, 2.45) is 0 Å². The van der Waals surface area contributed by atoms with Gasteiger partial charge >= 0.3 is 0 Å². The lowest BCUT2D eigenvalue weighted by molar-refractivity contribution is 1.48. The number of hydrogen-bond acceptors (Lipinski definition) is 2. The molecule has 0 unspecified atom stereocenters. The van der Waals surface area contributed by atoms with Crippen LogP contribution in [-0.2, 0) is 0 Å². The molecule has 76 valence electrons. The molecule has 0 heterocycles. The molecule has 3 heteroatoms. The van der Waals surface area contributed by atoms with E-state index < -0.39 is 8.07 Å². The highest BCUT2D eigenvalue weighted by atomic mass is 28.3. The Kier molecular flexibility index (Phi) is 3.19. The summed E-state index contributed by atoms with van der Waals surface area (Å²) in [4.78, 5) is 0. The van der Waals surface area contributed by atoms with Gasteiger partial charge in [-0.2, -0.15) is 5.26 Å². The van der Waals surface area contributed by atoms with Crippen LogP contribution in [0.2, 0.25) is 19.6 Å². The van der Waals surface area contributed by atoms with E-state index in [9.17, 15) is 0 Å². The fraction of sp³-hybridized carbons (Fsp3) is 0.250. The van der Waals surface area contributed by atoms with Crippen molar-refractivity contribution in [2.45, 2.75) is 19.6 Å². The number of nitrogens with two attached hydrogens (primary N) is 1. The van der Waals surface area contributed by atoms with E-state index in [-0.39, 0.29) is 0 Å². The standard InChI is InChI=1S/C12H14N2Si/c1-15(2,3)8-7-10-5-4-6-11(9-13)12(10)14/h4-6H,14H2,1-3H3. The molecule has 0 amide bonds. The molecule has 0 atom stereocenters. The number of benzene rings is 1. The Bertz CT molecular complexity index is 467. The minimum absolute atomic E-state index is 0.491. The number of nitriles is 1. The van der Waals surface area contributed by atoms with Crippen LogP contribution in [0.25, 0.3) is 0 Å². The summed E-state index contributed by atoms with van der Waals surface area (Å²) in [6.07, 6.45) is 0. The first kappa shape index (κ1) is 11.4. The maximum absolute atomic E-state index is 8.80. The maximum Gasteiger partial charge on any atom is 0.129 e. The summed E-state index contributed by atoms with van der Waals surface area (Å²) >= 11 is 0. The van der Waals surface area contributed by atoms with Crippen molar-refractivity contribution in [3.8, 4) is 17.5 Å². The Morgan fingerprint density at radius 2 is 1.80 bits per heavy atom. The second-order valence-electron chi connectivity index (χ2n) is 4.38. The number of para-hydroxylation sites is 1. The monoisotopic (exact) mass is 214 g/mol. The first-order chi connectivity index (χ1) is 6.94. The molecule has 0 aliphatic heterocycles. The van der Waals surface area contributed by atoms with Gasteiger partial charge < -0.3 is 5.73 Å². The molecule has 1 aromatic carbocycles. The topological polar surface area (TPSA) is 49.8 Å². The van der Waals surface area contributed by atoms with Gasteiger partial charge in [0, 0.05) is 5.56 Å². The van der Waals surface area contributed by atoms with Crippen molar-refractivity contribution in [2.75, 3.05) is 5.73 Å². The minimum atomic E-state index is -1.39. The molecule has 0 aromatic heterocycles. The molecule has 0 bridgehead atoms. The minimum Gasteiger partial charge on any atom is -0.397 e. The summed E-state index contributed by atoms with van der Waals surface area (Å²) in [6.45, 7) is 6.51. The van der Waals surface area contributed by atoms with E-state index in [2.05, 4.69) is 37.2 Å². The molecule has 1 rings (SSSR count). The number of nitrogens with zero attached hydrogens (tertiary/aromatic N) is 1. The third-order valence-corrected chi connectivity index (χ3v) is 2.67. The van der Waals surface area contributed by atoms with Gasteiger partial charge in [-0.1, -0.05) is 31.6 Å². The average Bonchev–Trinajstić information content (AvgIpc) is 2.15. The fourth-order valence-corrected chi connectivity index (χ4v) is 1.54. The van der Waals surface area contributed by atoms with Gasteiger partial charge in [0.05, 0.1) is 11.3 Å². The molecule has 1 aromatic rings. The molecular weight excluding hydrogens is 200 g/mol. The molecule has 0 spiro atoms. The van der Waals surface area contributed by atoms with Gasteiger partial charge in [0.15, 0.2) is 0 Å². The molecular formula is C12H14N2Si. The average molecular weight is 214 g/mol. The van der Waals surface area contributed by atoms with Crippen molar-refractivity contribution < 1.29 is 0 Å². The van der Waals surface area contributed by atoms with Crippen molar-refractivity contribution >= 4 is 13.8 Å². The van der Waals surface area contributed by atoms with E-state index in [0.717, 1.165) is 5.56 Å². The molecule has 2 nitrogen and oxygen atoms in total. The van der Waals surface area contributed by atoms with Gasteiger partial charge in [-0.3, -0.25) is 0 Å². The highest BCUT2D eigenvalue weighted by Gasteiger charge is 2.08. The maximum atomic E-state index is 8.80. The Morgan fingerprint density at radius 1 is 1.20 bits per heavy atom. The van der Waals surface area contributed by atoms with Gasteiger partial charge in [0.2, 0.25) is 0 Å². The second-order valence-corrected chi connectivity index (χ2v) is 9.13. The zero-order valence-corrected chi connectivity index (χ0v) is 10.3. The molecule has 15 heavy (non-hydrogen) atoms. The Hall–Kier alpha value is -1.71. The quantitative estimate of drug-likeness (QED) is 0.409. The van der Waals surface area contributed by atoms with Crippen LogP contribution >= 0.6 is 0 Å². The van der Waals surface area contributed by atoms with Gasteiger partial charge in [0.1, 0.15) is 14.1 Å². The number of anilines is 1. The smallest absolute Gasteiger partial charge is 0.129 e. The van der Waals surface area contributed by atoms with Crippen LogP contribution in [-0.4, -0.2) is 8.07 Å². The van der Waals surface area contributed by atoms with Crippen molar-refractivity contribution in [3.63, 3.8) is 0 Å². The number of nitrogen functional groups attached to an aromatic ring is 1. The summed E-state index contributed by atoms with van der Waals surface area (Å²) in [6, 6.07) is 7.41. The van der Waals surface area contributed by atoms with Crippen LogP contribution in [0.15, 0.2) is 18.2 Å². The largest absolute Gasteiger partial charge is 0.397 e. The zero-order valence-electron chi connectivity index (χ0n) is 9.26. The van der Waals surface area contributed by atoms with Gasteiger partial charge in [-0.05, 0) is 12.1 Å². The van der Waals surface area contributed by atoms with Crippen LogP contribution in [0.4, 0.5) is 5.69 Å². The van der Waals surface area contributed by atoms with Crippen molar-refractivity contribution in [1.29, 1.82) is 5.26 Å². The van der Waals surface area contributed by atoms with Crippen molar-refractivity contribution in [3.05, 3.63) is 29.3 Å². The van der Waals surface area contributed by atoms with E-state index in [0.29, 0.717) is 11.3 Å². The third kappa shape index (κ3) is 3.16. The van der Waals surface area contributed by atoms with Crippen LogP contribution in [0.1, 0.15) is 11.1 Å². The lowest BCUT2D eigenvalue weighted by atomic mass is 10.1. The van der Waals surface area contributed by atoms with Crippen LogP contribution in [0.5, 0.6) is 0 Å². The molecule has 0 saturated heterocycles. The SMILES string of the molecule is C[Si](C)(C)C#Cc1cccc(C#N)c1N. The molecule has 0 aliphatic rings. The zero-order chi connectivity index (χ0) is 11.5. The van der Waals surface area contributed by atoms with E-state index >= 15 is 0 Å². The number of hydrogen-bond donors (Lipinski definition) is 1. The summed E-state index contributed by atoms with van der Waals surface area (Å²) in [7, 11) is -1.39. The van der Waals surface area contributed by atoms with Crippen LogP contribution < -0.4 is 5.73 Å². The molecule has 0 fully saturated rings. The highest BCUT2D eigenvalue weighted by molar-refractivity contribution is 6.83. The van der Waals surface area contributed by atoms with Crippen LogP contribution in [0, 0.1) is 22.8 Å². The van der Waals surface area contributed by atoms with Gasteiger partial charge in [-0.15, -0.1) is 5.54 Å². The summed E-state index contributed by atoms with van der Waals surface area (Å²) in [5.74, 6) is 3.06. The Labute approximate surface area is 91.7 Å². The summed E-state index contributed by atoms with van der Waals surface area (Å²) in [5.41, 5.74) is 10.8. The lowest BCUT2D eigenvalue weighted by Crippen LogP contribution is -2.16. The van der Waals surface area contributed by atoms with E-state index in [1.165, 1.54) is 0 Å². The first-order valence-corrected chi connectivity index (χ1v) is 8.26. The first-order valence-electron chi connectivity index (χ1n) is 4.76. The third-order valence-electron chi connectivity index (χ3n) is 1.80. The predicted octanol–water partition coefficient (Wildman–Crippen LogP) is 2.37. The Morgan fingerprint density at radius 3 is 2.33 bits per heavy atom. The second kappa shape index (κ2) is 4.21. The summed E-state index contributed by atoms with van der Waals surface area (Å²) < 4.78 is 0.